The van der Waals surface area contributed by atoms with E-state index in [0.717, 1.165) is 39.0 Å². The van der Waals surface area contributed by atoms with E-state index in [0.29, 0.717) is 13.1 Å². The van der Waals surface area contributed by atoms with Gasteiger partial charge >= 0.3 is 0 Å². The van der Waals surface area contributed by atoms with E-state index in [2.05, 4.69) is 36.1 Å². The first-order valence-electron chi connectivity index (χ1n) is 10.3. The van der Waals surface area contributed by atoms with Crippen molar-refractivity contribution in [3.63, 3.8) is 0 Å². The van der Waals surface area contributed by atoms with E-state index in [4.69, 9.17) is 0 Å². The van der Waals surface area contributed by atoms with Gasteiger partial charge in [-0.15, -0.1) is 0 Å². The summed E-state index contributed by atoms with van der Waals surface area (Å²) in [7, 11) is 0. The van der Waals surface area contributed by atoms with Gasteiger partial charge in [-0.2, -0.15) is 0 Å². The number of hydrogen-bond acceptors (Lipinski definition) is 3. The van der Waals surface area contributed by atoms with Crippen LogP contribution in [0.4, 0.5) is 5.69 Å². The highest BCUT2D eigenvalue weighted by Crippen LogP contribution is 2.26. The number of amides is 2. The fourth-order valence-corrected chi connectivity index (χ4v) is 4.15. The molecule has 5 nitrogen and oxygen atoms in total. The number of carbonyl (C=O) groups excluding carboxylic acids is 2. The standard InChI is InChI=1S/C22H33N3O2/c1-18-9-8-10-19(17-18)23-13-15-25(16-14-23)21(27)22(2,3)20(26)24-11-6-4-5-7-12-24/h8-10,17H,4-7,11-16H2,1-3H3. The van der Waals surface area contributed by atoms with Crippen LogP contribution in [0.15, 0.2) is 24.3 Å². The normalized spacial score (nSPS) is 19.0. The molecule has 27 heavy (non-hydrogen) atoms. The maximum Gasteiger partial charge on any atom is 0.237 e. The van der Waals surface area contributed by atoms with Gasteiger partial charge in [0.2, 0.25) is 11.8 Å². The molecular weight excluding hydrogens is 338 g/mol. The lowest BCUT2D eigenvalue weighted by Crippen LogP contribution is -2.56. The summed E-state index contributed by atoms with van der Waals surface area (Å²) in [6.07, 6.45) is 4.45. The van der Waals surface area contributed by atoms with E-state index >= 15 is 0 Å². The molecular formula is C22H33N3O2. The maximum absolute atomic E-state index is 13.1. The fourth-order valence-electron chi connectivity index (χ4n) is 4.15. The summed E-state index contributed by atoms with van der Waals surface area (Å²) in [4.78, 5) is 32.3. The van der Waals surface area contributed by atoms with Crippen LogP contribution in [0, 0.1) is 12.3 Å². The van der Waals surface area contributed by atoms with Gasteiger partial charge in [-0.1, -0.05) is 25.0 Å². The second-order valence-electron chi connectivity index (χ2n) is 8.45. The lowest BCUT2D eigenvalue weighted by atomic mass is 9.89. The Kier molecular flexibility index (Phi) is 6.08. The van der Waals surface area contributed by atoms with Gasteiger partial charge in [0.25, 0.3) is 0 Å². The number of aryl methyl sites for hydroxylation is 1. The lowest BCUT2D eigenvalue weighted by molar-refractivity contribution is -0.154. The van der Waals surface area contributed by atoms with E-state index in [1.54, 1.807) is 13.8 Å². The van der Waals surface area contributed by atoms with Crippen LogP contribution in [0.25, 0.3) is 0 Å². The molecule has 0 aliphatic carbocycles. The third-order valence-corrected chi connectivity index (χ3v) is 5.90. The van der Waals surface area contributed by atoms with Gasteiger partial charge in [0.1, 0.15) is 5.41 Å². The fraction of sp³-hybridized carbons (Fsp3) is 0.636. The Bertz CT molecular complexity index is 670. The minimum absolute atomic E-state index is 0.00415. The smallest absolute Gasteiger partial charge is 0.237 e. The van der Waals surface area contributed by atoms with E-state index in [-0.39, 0.29) is 11.8 Å². The van der Waals surface area contributed by atoms with Gasteiger partial charge in [0.05, 0.1) is 0 Å². The van der Waals surface area contributed by atoms with Crippen LogP contribution in [0.5, 0.6) is 0 Å². The molecule has 2 amide bonds. The van der Waals surface area contributed by atoms with Crippen molar-refractivity contribution in [1.82, 2.24) is 9.80 Å². The number of benzene rings is 1. The molecule has 2 aliphatic rings. The van der Waals surface area contributed by atoms with Crippen molar-refractivity contribution in [1.29, 1.82) is 0 Å². The van der Waals surface area contributed by atoms with Crippen LogP contribution < -0.4 is 4.90 Å². The van der Waals surface area contributed by atoms with Crippen molar-refractivity contribution in [2.24, 2.45) is 5.41 Å². The number of nitrogens with zero attached hydrogens (tertiary/aromatic N) is 3. The average molecular weight is 372 g/mol. The average Bonchev–Trinajstić information content (AvgIpc) is 2.96. The molecule has 0 atom stereocenters. The Morgan fingerprint density at radius 3 is 1.93 bits per heavy atom. The molecule has 0 spiro atoms. The summed E-state index contributed by atoms with van der Waals surface area (Å²) in [5, 5.41) is 0. The molecule has 0 radical (unpaired) electrons. The number of likely N-dealkylation sites (tertiary alicyclic amines) is 1. The van der Waals surface area contributed by atoms with Gasteiger partial charge in [0.15, 0.2) is 0 Å². The number of piperazine rings is 1. The summed E-state index contributed by atoms with van der Waals surface area (Å²) in [5.41, 5.74) is 1.48. The zero-order valence-corrected chi connectivity index (χ0v) is 17.0. The van der Waals surface area contributed by atoms with Crippen molar-refractivity contribution >= 4 is 17.5 Å². The molecule has 1 aromatic rings. The van der Waals surface area contributed by atoms with E-state index in [1.165, 1.54) is 24.1 Å². The van der Waals surface area contributed by atoms with Crippen LogP contribution in [-0.4, -0.2) is 60.9 Å². The molecule has 0 saturated carbocycles. The zero-order valence-electron chi connectivity index (χ0n) is 17.0. The van der Waals surface area contributed by atoms with Gasteiger partial charge in [-0.25, -0.2) is 0 Å². The SMILES string of the molecule is Cc1cccc(N2CCN(C(=O)C(C)(C)C(=O)N3CCCCCC3)CC2)c1. The van der Waals surface area contributed by atoms with Crippen LogP contribution in [0.2, 0.25) is 0 Å². The Morgan fingerprint density at radius 1 is 0.815 bits per heavy atom. The Labute approximate surface area is 163 Å². The minimum Gasteiger partial charge on any atom is -0.368 e. The van der Waals surface area contributed by atoms with Gasteiger partial charge < -0.3 is 14.7 Å². The minimum atomic E-state index is -0.976. The first-order chi connectivity index (χ1) is 12.9. The van der Waals surface area contributed by atoms with Crippen molar-refractivity contribution in [2.75, 3.05) is 44.2 Å². The van der Waals surface area contributed by atoms with Crippen molar-refractivity contribution in [3.05, 3.63) is 29.8 Å². The quantitative estimate of drug-likeness (QED) is 0.767. The molecule has 2 heterocycles. The highest BCUT2D eigenvalue weighted by Gasteiger charge is 2.42. The van der Waals surface area contributed by atoms with Gasteiger partial charge in [0, 0.05) is 45.0 Å². The number of rotatable bonds is 3. The Morgan fingerprint density at radius 2 is 1.37 bits per heavy atom. The number of hydrogen-bond donors (Lipinski definition) is 0. The van der Waals surface area contributed by atoms with Crippen molar-refractivity contribution < 1.29 is 9.59 Å². The zero-order chi connectivity index (χ0) is 19.4. The molecule has 0 unspecified atom stereocenters. The molecule has 148 valence electrons. The molecule has 2 fully saturated rings. The Hall–Kier alpha value is -2.04. The molecule has 0 N–H and O–H groups in total. The predicted molar refractivity (Wildman–Crippen MR) is 109 cm³/mol. The summed E-state index contributed by atoms with van der Waals surface area (Å²) in [5.74, 6) is -0.0313. The van der Waals surface area contributed by atoms with Crippen LogP contribution in [-0.2, 0) is 9.59 Å². The first-order valence-corrected chi connectivity index (χ1v) is 10.3. The van der Waals surface area contributed by atoms with E-state index in [1.807, 2.05) is 9.80 Å². The molecule has 1 aromatic carbocycles. The van der Waals surface area contributed by atoms with Crippen LogP contribution in [0.3, 0.4) is 0 Å². The van der Waals surface area contributed by atoms with Crippen molar-refractivity contribution in [3.8, 4) is 0 Å². The molecule has 0 bridgehead atoms. The summed E-state index contributed by atoms with van der Waals surface area (Å²) in [6.45, 7) is 10.2. The molecule has 5 heteroatoms. The highest BCUT2D eigenvalue weighted by atomic mass is 16.2. The Balaban J connectivity index is 1.61. The van der Waals surface area contributed by atoms with Crippen LogP contribution in [0.1, 0.15) is 45.1 Å². The van der Waals surface area contributed by atoms with E-state index < -0.39 is 5.41 Å². The lowest BCUT2D eigenvalue weighted by Gasteiger charge is -2.40. The second-order valence-corrected chi connectivity index (χ2v) is 8.45. The summed E-state index contributed by atoms with van der Waals surface area (Å²) < 4.78 is 0. The summed E-state index contributed by atoms with van der Waals surface area (Å²) >= 11 is 0. The molecule has 0 aromatic heterocycles. The largest absolute Gasteiger partial charge is 0.368 e. The first kappa shape index (κ1) is 19.7. The third kappa shape index (κ3) is 4.45. The van der Waals surface area contributed by atoms with E-state index in [9.17, 15) is 9.59 Å². The maximum atomic E-state index is 13.1. The second kappa shape index (κ2) is 8.32. The topological polar surface area (TPSA) is 43.9 Å². The number of anilines is 1. The van der Waals surface area contributed by atoms with Gasteiger partial charge in [-0.3, -0.25) is 9.59 Å². The monoisotopic (exact) mass is 371 g/mol. The molecule has 2 aliphatic heterocycles. The van der Waals surface area contributed by atoms with Gasteiger partial charge in [-0.05, 0) is 51.3 Å². The molecule has 3 rings (SSSR count). The third-order valence-electron chi connectivity index (χ3n) is 5.90. The molecule has 2 saturated heterocycles. The predicted octanol–water partition coefficient (Wildman–Crippen LogP) is 3.07. The number of carbonyl (C=O) groups is 2. The van der Waals surface area contributed by atoms with Crippen LogP contribution >= 0.6 is 0 Å². The van der Waals surface area contributed by atoms with Crippen molar-refractivity contribution in [2.45, 2.75) is 46.5 Å². The summed E-state index contributed by atoms with van der Waals surface area (Å²) in [6, 6.07) is 8.48. The highest BCUT2D eigenvalue weighted by molar-refractivity contribution is 6.04.